The molecule has 6 nitrogen and oxygen atoms in total. The third kappa shape index (κ3) is 2.89. The number of carboxylic acids is 1. The Labute approximate surface area is 117 Å². The summed E-state index contributed by atoms with van der Waals surface area (Å²) in [7, 11) is 0. The first-order valence-corrected chi connectivity index (χ1v) is 6.74. The second-order valence-corrected chi connectivity index (χ2v) is 5.21. The van der Waals surface area contributed by atoms with E-state index in [4.69, 9.17) is 0 Å². The molecule has 0 saturated heterocycles. The van der Waals surface area contributed by atoms with Gasteiger partial charge in [0.15, 0.2) is 0 Å². The highest BCUT2D eigenvalue weighted by atomic mass is 16.6. The summed E-state index contributed by atoms with van der Waals surface area (Å²) in [4.78, 5) is 21.9. The van der Waals surface area contributed by atoms with Crippen molar-refractivity contribution in [3.05, 3.63) is 33.9 Å². The predicted molar refractivity (Wildman–Crippen MR) is 74.8 cm³/mol. The Morgan fingerprint density at radius 1 is 1.40 bits per heavy atom. The molecule has 1 aromatic rings. The largest absolute Gasteiger partial charge is 0.481 e. The van der Waals surface area contributed by atoms with Crippen LogP contribution in [0.25, 0.3) is 0 Å². The Kier molecular flexibility index (Phi) is 4.22. The van der Waals surface area contributed by atoms with E-state index < -0.39 is 16.8 Å². The van der Waals surface area contributed by atoms with Crippen LogP contribution in [0, 0.1) is 23.0 Å². The molecular weight excluding hydrogens is 260 g/mol. The fraction of sp³-hybridized carbons (Fsp3) is 0.500. The molecule has 108 valence electrons. The summed E-state index contributed by atoms with van der Waals surface area (Å²) in [5.74, 6) is -1.32. The smallest absolute Gasteiger partial charge is 0.308 e. The zero-order chi connectivity index (χ0) is 14.7. The van der Waals surface area contributed by atoms with E-state index in [1.165, 1.54) is 6.07 Å². The normalized spacial score (nSPS) is 22.2. The lowest BCUT2D eigenvalue weighted by molar-refractivity contribution is -0.384. The molecule has 1 aromatic carbocycles. The van der Waals surface area contributed by atoms with E-state index in [2.05, 4.69) is 5.32 Å². The minimum atomic E-state index is -0.835. The number of para-hydroxylation sites is 1. The van der Waals surface area contributed by atoms with E-state index in [0.29, 0.717) is 12.1 Å². The van der Waals surface area contributed by atoms with E-state index in [1.807, 2.05) is 0 Å². The fourth-order valence-corrected chi connectivity index (χ4v) is 2.78. The minimum Gasteiger partial charge on any atom is -0.481 e. The molecule has 0 aliphatic heterocycles. The molecule has 1 aliphatic carbocycles. The van der Waals surface area contributed by atoms with E-state index in [-0.39, 0.29) is 11.7 Å². The number of nitrogens with zero attached hydrogens (tertiary/aromatic N) is 1. The Balaban J connectivity index is 2.28. The number of anilines is 1. The number of carboxylic acid groups (broad SMARTS) is 1. The molecule has 0 heterocycles. The average Bonchev–Trinajstić information content (AvgIpc) is 2.41. The number of nitrogens with one attached hydrogen (secondary N) is 1. The Morgan fingerprint density at radius 3 is 2.75 bits per heavy atom. The number of rotatable bonds is 4. The predicted octanol–water partition coefficient (Wildman–Crippen LogP) is 2.96. The van der Waals surface area contributed by atoms with Crippen LogP contribution in [-0.2, 0) is 4.79 Å². The van der Waals surface area contributed by atoms with Gasteiger partial charge in [-0.25, -0.2) is 0 Å². The van der Waals surface area contributed by atoms with Gasteiger partial charge in [0.2, 0.25) is 0 Å². The molecule has 1 fully saturated rings. The molecule has 20 heavy (non-hydrogen) atoms. The number of nitro groups is 1. The lowest BCUT2D eigenvalue weighted by Crippen LogP contribution is -2.37. The van der Waals surface area contributed by atoms with Crippen LogP contribution < -0.4 is 5.32 Å². The van der Waals surface area contributed by atoms with Crippen molar-refractivity contribution in [3.8, 4) is 0 Å². The van der Waals surface area contributed by atoms with Gasteiger partial charge in [0.25, 0.3) is 5.69 Å². The van der Waals surface area contributed by atoms with Gasteiger partial charge in [-0.1, -0.05) is 25.0 Å². The molecule has 2 unspecified atom stereocenters. The van der Waals surface area contributed by atoms with E-state index in [9.17, 15) is 20.0 Å². The van der Waals surface area contributed by atoms with Crippen LogP contribution >= 0.6 is 0 Å². The molecule has 2 N–H and O–H groups in total. The van der Waals surface area contributed by atoms with Crippen molar-refractivity contribution in [2.75, 3.05) is 5.32 Å². The number of carbonyl (C=O) groups is 1. The highest BCUT2D eigenvalue weighted by Gasteiger charge is 2.32. The van der Waals surface area contributed by atoms with Crippen LogP contribution in [0.2, 0.25) is 0 Å². The van der Waals surface area contributed by atoms with Crippen LogP contribution in [0.3, 0.4) is 0 Å². The first-order chi connectivity index (χ1) is 9.50. The first kappa shape index (κ1) is 14.3. The summed E-state index contributed by atoms with van der Waals surface area (Å²) >= 11 is 0. The molecule has 0 spiro atoms. The zero-order valence-electron chi connectivity index (χ0n) is 11.3. The Morgan fingerprint density at radius 2 is 2.10 bits per heavy atom. The molecule has 1 aliphatic rings. The highest BCUT2D eigenvalue weighted by molar-refractivity contribution is 5.73. The zero-order valence-corrected chi connectivity index (χ0v) is 11.3. The summed E-state index contributed by atoms with van der Waals surface area (Å²) in [5.41, 5.74) is 1.20. The molecule has 0 radical (unpaired) electrons. The average molecular weight is 278 g/mol. The van der Waals surface area contributed by atoms with E-state index in [1.54, 1.807) is 19.1 Å². The number of aryl methyl sites for hydroxylation is 1. The topological polar surface area (TPSA) is 92.5 Å². The maximum absolute atomic E-state index is 11.3. The monoisotopic (exact) mass is 278 g/mol. The van der Waals surface area contributed by atoms with Crippen molar-refractivity contribution in [2.45, 2.75) is 38.6 Å². The second kappa shape index (κ2) is 5.90. The Bertz CT molecular complexity index is 530. The minimum absolute atomic E-state index is 0.000266. The maximum Gasteiger partial charge on any atom is 0.308 e. The van der Waals surface area contributed by atoms with Crippen LogP contribution in [-0.4, -0.2) is 22.0 Å². The van der Waals surface area contributed by atoms with Gasteiger partial charge in [0, 0.05) is 12.1 Å². The molecule has 6 heteroatoms. The molecular formula is C14H18N2O4. The van der Waals surface area contributed by atoms with Crippen molar-refractivity contribution in [3.63, 3.8) is 0 Å². The van der Waals surface area contributed by atoms with E-state index in [0.717, 1.165) is 24.8 Å². The van der Waals surface area contributed by atoms with Gasteiger partial charge < -0.3 is 10.4 Å². The third-order valence-electron chi connectivity index (χ3n) is 3.86. The third-order valence-corrected chi connectivity index (χ3v) is 3.86. The van der Waals surface area contributed by atoms with Crippen LogP contribution in [0.5, 0.6) is 0 Å². The van der Waals surface area contributed by atoms with Gasteiger partial charge in [-0.15, -0.1) is 0 Å². The van der Waals surface area contributed by atoms with Crippen molar-refractivity contribution in [1.29, 1.82) is 0 Å². The van der Waals surface area contributed by atoms with Gasteiger partial charge in [-0.3, -0.25) is 14.9 Å². The number of nitro benzene ring substituents is 1. The van der Waals surface area contributed by atoms with Crippen LogP contribution in [0.15, 0.2) is 18.2 Å². The molecule has 0 bridgehead atoms. The summed E-state index contributed by atoms with van der Waals surface area (Å²) in [6, 6.07) is 4.61. The summed E-state index contributed by atoms with van der Waals surface area (Å²) < 4.78 is 0. The lowest BCUT2D eigenvalue weighted by atomic mass is 9.84. The second-order valence-electron chi connectivity index (χ2n) is 5.21. The number of aliphatic carboxylic acids is 1. The number of benzene rings is 1. The van der Waals surface area contributed by atoms with Crippen molar-refractivity contribution >= 4 is 17.3 Å². The number of hydrogen-bond acceptors (Lipinski definition) is 4. The summed E-state index contributed by atoms with van der Waals surface area (Å²) in [6.07, 6.45) is 3.18. The first-order valence-electron chi connectivity index (χ1n) is 6.74. The molecule has 2 rings (SSSR count). The fourth-order valence-electron chi connectivity index (χ4n) is 2.78. The summed E-state index contributed by atoms with van der Waals surface area (Å²) in [6.45, 7) is 1.79. The van der Waals surface area contributed by atoms with Crippen LogP contribution in [0.4, 0.5) is 11.4 Å². The lowest BCUT2D eigenvalue weighted by Gasteiger charge is -2.30. The van der Waals surface area contributed by atoms with Gasteiger partial charge in [0.1, 0.15) is 5.69 Å². The molecule has 0 aromatic heterocycles. The van der Waals surface area contributed by atoms with E-state index >= 15 is 0 Å². The summed E-state index contributed by atoms with van der Waals surface area (Å²) in [5, 5.41) is 23.4. The van der Waals surface area contributed by atoms with Gasteiger partial charge >= 0.3 is 5.97 Å². The highest BCUT2D eigenvalue weighted by Crippen LogP contribution is 2.33. The van der Waals surface area contributed by atoms with Crippen molar-refractivity contribution in [2.24, 2.45) is 5.92 Å². The Hall–Kier alpha value is -2.11. The number of hydrogen-bond donors (Lipinski definition) is 2. The molecule has 0 amide bonds. The van der Waals surface area contributed by atoms with Gasteiger partial charge in [-0.05, 0) is 25.3 Å². The van der Waals surface area contributed by atoms with Gasteiger partial charge in [0.05, 0.1) is 10.8 Å². The SMILES string of the molecule is Cc1cccc([N+](=O)[O-])c1NC1CCCCC1C(=O)O. The van der Waals surface area contributed by atoms with Gasteiger partial charge in [-0.2, -0.15) is 0 Å². The molecule has 2 atom stereocenters. The standard InChI is InChI=1S/C14H18N2O4/c1-9-5-4-8-12(16(19)20)13(9)15-11-7-3-2-6-10(11)14(17)18/h4-5,8,10-11,15H,2-3,6-7H2,1H3,(H,17,18). The quantitative estimate of drug-likeness (QED) is 0.652. The van der Waals surface area contributed by atoms with Crippen molar-refractivity contribution in [1.82, 2.24) is 0 Å². The van der Waals surface area contributed by atoms with Crippen molar-refractivity contribution < 1.29 is 14.8 Å². The molecule has 1 saturated carbocycles. The maximum atomic E-state index is 11.3. The van der Waals surface area contributed by atoms with Crippen LogP contribution in [0.1, 0.15) is 31.2 Å².